The van der Waals surface area contributed by atoms with Crippen LogP contribution in [0.25, 0.3) is 0 Å². The van der Waals surface area contributed by atoms with Gasteiger partial charge >= 0.3 is 0 Å². The topological polar surface area (TPSA) is 36.4 Å². The van der Waals surface area contributed by atoms with E-state index in [0.29, 0.717) is 0 Å². The van der Waals surface area contributed by atoms with E-state index in [-0.39, 0.29) is 0 Å². The van der Waals surface area contributed by atoms with E-state index in [1.54, 1.807) is 0 Å². The summed E-state index contributed by atoms with van der Waals surface area (Å²) in [7, 11) is 0. The van der Waals surface area contributed by atoms with Crippen molar-refractivity contribution in [2.24, 2.45) is 4.99 Å². The highest BCUT2D eigenvalue weighted by atomic mass is 15.0. The van der Waals surface area contributed by atoms with Crippen LogP contribution in [-0.2, 0) is 0 Å². The first-order chi connectivity index (χ1) is 4.93. The second kappa shape index (κ2) is 4.28. The molecule has 1 aliphatic rings. The van der Waals surface area contributed by atoms with Crippen LogP contribution < -0.4 is 10.6 Å². The van der Waals surface area contributed by atoms with E-state index >= 15 is 0 Å². The first-order valence-corrected chi connectivity index (χ1v) is 3.91. The first kappa shape index (κ1) is 7.54. The molecule has 0 aliphatic carbocycles. The zero-order chi connectivity index (χ0) is 7.23. The summed E-state index contributed by atoms with van der Waals surface area (Å²) in [5.41, 5.74) is 0. The summed E-state index contributed by atoms with van der Waals surface area (Å²) in [6, 6.07) is 0. The molecule has 0 radical (unpaired) electrons. The van der Waals surface area contributed by atoms with Crippen LogP contribution in [0, 0.1) is 0 Å². The summed E-state index contributed by atoms with van der Waals surface area (Å²) in [5.74, 6) is 1.11. The maximum Gasteiger partial charge on any atom is 0.110 e. The second-order valence-corrected chi connectivity index (χ2v) is 2.39. The summed E-state index contributed by atoms with van der Waals surface area (Å²) in [4.78, 5) is 4.36. The van der Waals surface area contributed by atoms with Gasteiger partial charge < -0.3 is 10.6 Å². The zero-order valence-corrected chi connectivity index (χ0v) is 6.48. The van der Waals surface area contributed by atoms with Crippen LogP contribution in [0.2, 0.25) is 0 Å². The minimum absolute atomic E-state index is 0.911. The van der Waals surface area contributed by atoms with Gasteiger partial charge in [-0.3, -0.25) is 4.99 Å². The average molecular weight is 141 g/mol. The molecule has 0 unspecified atom stereocenters. The van der Waals surface area contributed by atoms with Crippen LogP contribution in [0.15, 0.2) is 4.99 Å². The number of aliphatic imine (C=N–C) groups is 1. The molecule has 1 heterocycles. The van der Waals surface area contributed by atoms with Gasteiger partial charge in [0.15, 0.2) is 0 Å². The molecule has 3 heteroatoms. The maximum atomic E-state index is 4.36. The monoisotopic (exact) mass is 141 g/mol. The van der Waals surface area contributed by atoms with Crippen molar-refractivity contribution in [3.63, 3.8) is 0 Å². The largest absolute Gasteiger partial charge is 0.373 e. The number of rotatable bonds is 1. The minimum Gasteiger partial charge on any atom is -0.373 e. The fourth-order valence-electron chi connectivity index (χ4n) is 1.00. The Bertz CT molecular complexity index is 120. The van der Waals surface area contributed by atoms with Crippen molar-refractivity contribution in [3.05, 3.63) is 0 Å². The highest BCUT2D eigenvalue weighted by Gasteiger charge is 1.99. The van der Waals surface area contributed by atoms with Crippen molar-refractivity contribution in [1.29, 1.82) is 0 Å². The Morgan fingerprint density at radius 2 is 2.60 bits per heavy atom. The lowest BCUT2D eigenvalue weighted by Gasteiger charge is -2.04. The van der Waals surface area contributed by atoms with Crippen LogP contribution in [0.1, 0.15) is 13.3 Å². The quantitative estimate of drug-likeness (QED) is 0.539. The third-order valence-electron chi connectivity index (χ3n) is 1.49. The fraction of sp³-hybridized carbons (Fsp3) is 0.857. The molecule has 1 rings (SSSR count). The van der Waals surface area contributed by atoms with Crippen LogP contribution in [0.3, 0.4) is 0 Å². The van der Waals surface area contributed by atoms with Crippen molar-refractivity contribution in [2.75, 3.05) is 26.2 Å². The molecule has 0 amide bonds. The van der Waals surface area contributed by atoms with Crippen LogP contribution >= 0.6 is 0 Å². The van der Waals surface area contributed by atoms with Gasteiger partial charge in [-0.1, -0.05) is 0 Å². The third kappa shape index (κ3) is 2.35. The summed E-state index contributed by atoms with van der Waals surface area (Å²) < 4.78 is 0. The van der Waals surface area contributed by atoms with Crippen molar-refractivity contribution in [3.8, 4) is 0 Å². The van der Waals surface area contributed by atoms with Crippen molar-refractivity contribution in [1.82, 2.24) is 10.6 Å². The number of likely N-dealkylation sites (N-methyl/N-ethyl adjacent to an activating group) is 1. The predicted octanol–water partition coefficient (Wildman–Crippen LogP) is -0.0123. The smallest absolute Gasteiger partial charge is 0.110 e. The van der Waals surface area contributed by atoms with Gasteiger partial charge in [-0.15, -0.1) is 0 Å². The van der Waals surface area contributed by atoms with Gasteiger partial charge in [0.25, 0.3) is 0 Å². The molecule has 58 valence electrons. The standard InChI is InChI=1S/C7H15N3/c1-2-9-7-6-8-4-3-5-10-7/h8H,2-6H2,1H3,(H,9,10). The van der Waals surface area contributed by atoms with Crippen LogP contribution in [-0.4, -0.2) is 32.0 Å². The molecule has 10 heavy (non-hydrogen) atoms. The molecule has 0 spiro atoms. The van der Waals surface area contributed by atoms with Gasteiger partial charge in [0, 0.05) is 13.1 Å². The summed E-state index contributed by atoms with van der Waals surface area (Å²) >= 11 is 0. The van der Waals surface area contributed by atoms with E-state index < -0.39 is 0 Å². The van der Waals surface area contributed by atoms with Crippen molar-refractivity contribution >= 4 is 5.84 Å². The lowest BCUT2D eigenvalue weighted by Crippen LogP contribution is -2.32. The lowest BCUT2D eigenvalue weighted by atomic mass is 10.4. The van der Waals surface area contributed by atoms with E-state index in [4.69, 9.17) is 0 Å². The summed E-state index contributed by atoms with van der Waals surface area (Å²) in [5, 5.41) is 6.50. The van der Waals surface area contributed by atoms with Gasteiger partial charge in [-0.25, -0.2) is 0 Å². The Kier molecular flexibility index (Phi) is 3.22. The highest BCUT2D eigenvalue weighted by Crippen LogP contribution is 1.85. The molecule has 0 saturated carbocycles. The van der Waals surface area contributed by atoms with Crippen LogP contribution in [0.5, 0.6) is 0 Å². The molecule has 0 saturated heterocycles. The van der Waals surface area contributed by atoms with Gasteiger partial charge in [-0.05, 0) is 19.9 Å². The molecule has 0 bridgehead atoms. The number of nitrogens with one attached hydrogen (secondary N) is 2. The SMILES string of the molecule is CCNC1=NCCCNC1. The van der Waals surface area contributed by atoms with Crippen molar-refractivity contribution in [2.45, 2.75) is 13.3 Å². The number of nitrogens with zero attached hydrogens (tertiary/aromatic N) is 1. The maximum absolute atomic E-state index is 4.36. The molecule has 2 N–H and O–H groups in total. The van der Waals surface area contributed by atoms with Gasteiger partial charge in [-0.2, -0.15) is 0 Å². The summed E-state index contributed by atoms with van der Waals surface area (Å²) in [6.45, 7) is 6.04. The number of amidine groups is 1. The van der Waals surface area contributed by atoms with E-state index in [0.717, 1.165) is 38.4 Å². The molecule has 0 aromatic carbocycles. The predicted molar refractivity (Wildman–Crippen MR) is 43.5 cm³/mol. The Balaban J connectivity index is 2.31. The molecular weight excluding hydrogens is 126 g/mol. The third-order valence-corrected chi connectivity index (χ3v) is 1.49. The normalized spacial score (nSPS) is 19.5. The van der Waals surface area contributed by atoms with Gasteiger partial charge in [0.05, 0.1) is 6.54 Å². The Morgan fingerprint density at radius 3 is 3.40 bits per heavy atom. The number of hydrogen-bond acceptors (Lipinski definition) is 3. The Hall–Kier alpha value is -0.570. The molecule has 1 aliphatic heterocycles. The second-order valence-electron chi connectivity index (χ2n) is 2.39. The minimum atomic E-state index is 0.911. The van der Waals surface area contributed by atoms with Crippen LogP contribution in [0.4, 0.5) is 0 Å². The first-order valence-electron chi connectivity index (χ1n) is 3.91. The van der Waals surface area contributed by atoms with E-state index in [9.17, 15) is 0 Å². The Morgan fingerprint density at radius 1 is 1.70 bits per heavy atom. The average Bonchev–Trinajstić information content (AvgIpc) is 2.17. The fourth-order valence-corrected chi connectivity index (χ4v) is 1.00. The van der Waals surface area contributed by atoms with Gasteiger partial charge in [0.1, 0.15) is 5.84 Å². The molecule has 0 aromatic heterocycles. The molecule has 3 nitrogen and oxygen atoms in total. The molecular formula is C7H15N3. The molecule has 0 fully saturated rings. The van der Waals surface area contributed by atoms with E-state index in [1.165, 1.54) is 0 Å². The van der Waals surface area contributed by atoms with Crippen molar-refractivity contribution < 1.29 is 0 Å². The zero-order valence-electron chi connectivity index (χ0n) is 6.48. The van der Waals surface area contributed by atoms with Gasteiger partial charge in [0.2, 0.25) is 0 Å². The number of hydrogen-bond donors (Lipinski definition) is 2. The summed E-state index contributed by atoms with van der Waals surface area (Å²) in [6.07, 6.45) is 1.16. The Labute approximate surface area is 61.9 Å². The highest BCUT2D eigenvalue weighted by molar-refractivity contribution is 5.84. The molecule has 0 atom stereocenters. The van der Waals surface area contributed by atoms with E-state index in [1.807, 2.05) is 0 Å². The lowest BCUT2D eigenvalue weighted by molar-refractivity contribution is 0.731. The van der Waals surface area contributed by atoms with E-state index in [2.05, 4.69) is 22.5 Å². The molecule has 0 aromatic rings.